The van der Waals surface area contributed by atoms with Crippen molar-refractivity contribution in [2.75, 3.05) is 52.6 Å². The Morgan fingerprint density at radius 3 is 2.03 bits per heavy atom. The normalized spacial score (nSPS) is 17.9. The summed E-state index contributed by atoms with van der Waals surface area (Å²) in [5.41, 5.74) is -0.440. The van der Waals surface area contributed by atoms with Crippen LogP contribution in [0.5, 0.6) is 11.5 Å². The molecule has 19 heteroatoms. The summed E-state index contributed by atoms with van der Waals surface area (Å²) >= 11 is 0. The predicted octanol–water partition coefficient (Wildman–Crippen LogP) is 7.72. The predicted molar refractivity (Wildman–Crippen MR) is 265 cm³/mol. The van der Waals surface area contributed by atoms with E-state index >= 15 is 0 Å². The average Bonchev–Trinajstić information content (AvgIpc) is 3.90. The quantitative estimate of drug-likeness (QED) is 0.0262. The lowest BCUT2D eigenvalue weighted by molar-refractivity contribution is -0.152. The van der Waals surface area contributed by atoms with E-state index < -0.39 is 61.5 Å². The maximum absolute atomic E-state index is 14.0. The maximum Gasteiger partial charge on any atom is 0.314 e. The summed E-state index contributed by atoms with van der Waals surface area (Å²) in [6, 6.07) is 27.0. The van der Waals surface area contributed by atoms with Crippen LogP contribution in [0.15, 0.2) is 90.0 Å². The first-order valence-corrected chi connectivity index (χ1v) is 24.7. The van der Waals surface area contributed by atoms with Crippen molar-refractivity contribution in [1.29, 1.82) is 5.26 Å². The van der Waals surface area contributed by atoms with Crippen molar-refractivity contribution in [1.82, 2.24) is 24.2 Å². The fraction of sp³-hybridized carbons (Fsp3) is 0.490. The van der Waals surface area contributed by atoms with Gasteiger partial charge in [0.15, 0.2) is 17.4 Å². The van der Waals surface area contributed by atoms with E-state index in [9.17, 15) is 19.6 Å². The molecule has 70 heavy (non-hydrogen) atoms. The van der Waals surface area contributed by atoms with Gasteiger partial charge in [-0.25, -0.2) is 4.98 Å². The molecule has 0 bridgehead atoms. The number of fused-ring (bicyclic) bond motifs is 1. The van der Waals surface area contributed by atoms with Crippen LogP contribution in [0, 0.1) is 17.2 Å². The largest absolute Gasteiger partial charge is 0.497 e. The molecule has 3 heterocycles. The minimum atomic E-state index is -1.85. The minimum Gasteiger partial charge on any atom is -0.497 e. The zero-order valence-electron chi connectivity index (χ0n) is 41.8. The molecule has 376 valence electrons. The van der Waals surface area contributed by atoms with Crippen LogP contribution in [-0.2, 0) is 43.4 Å². The van der Waals surface area contributed by atoms with E-state index in [0.29, 0.717) is 11.5 Å². The lowest BCUT2D eigenvalue weighted by Crippen LogP contribution is -2.43. The Morgan fingerprint density at radius 1 is 0.886 bits per heavy atom. The zero-order valence-corrected chi connectivity index (χ0v) is 42.7. The number of carbonyl (C=O) groups is 2. The van der Waals surface area contributed by atoms with Crippen molar-refractivity contribution >= 4 is 37.3 Å². The number of anilines is 1. The highest BCUT2D eigenvalue weighted by atomic mass is 31.2. The molecule has 1 aliphatic heterocycles. The van der Waals surface area contributed by atoms with Crippen LogP contribution in [0.4, 0.5) is 5.95 Å². The number of rotatable bonds is 24. The Balaban J connectivity index is 1.55. The smallest absolute Gasteiger partial charge is 0.314 e. The molecule has 2 aromatic heterocycles. The van der Waals surface area contributed by atoms with E-state index in [0.717, 1.165) is 16.7 Å². The molecule has 5 atom stereocenters. The van der Waals surface area contributed by atoms with E-state index in [-0.39, 0.29) is 67.5 Å². The fourth-order valence-electron chi connectivity index (χ4n) is 8.45. The Morgan fingerprint density at radius 2 is 1.49 bits per heavy atom. The molecule has 1 fully saturated rings. The van der Waals surface area contributed by atoms with Gasteiger partial charge in [-0.15, -0.1) is 0 Å². The van der Waals surface area contributed by atoms with Crippen LogP contribution in [0.2, 0.25) is 0 Å². The van der Waals surface area contributed by atoms with Crippen LogP contribution >= 0.6 is 8.30 Å². The van der Waals surface area contributed by atoms with Gasteiger partial charge in [0.05, 0.1) is 52.9 Å². The van der Waals surface area contributed by atoms with Crippen LogP contribution in [0.25, 0.3) is 11.2 Å². The minimum absolute atomic E-state index is 0.00293. The molecule has 1 saturated heterocycles. The number of carbonyl (C=O) groups excluding carboxylic acids is 2. The second-order valence-electron chi connectivity index (χ2n) is 18.3. The van der Waals surface area contributed by atoms with Gasteiger partial charge in [0, 0.05) is 25.1 Å². The van der Waals surface area contributed by atoms with Gasteiger partial charge in [-0.1, -0.05) is 68.4 Å². The molecule has 18 nitrogen and oxygen atoms in total. The van der Waals surface area contributed by atoms with Gasteiger partial charge in [-0.2, -0.15) is 10.2 Å². The number of hydrogen-bond acceptors (Lipinski definition) is 15. The number of methoxy groups -OCH3 is 3. The number of nitriles is 1. The van der Waals surface area contributed by atoms with Crippen molar-refractivity contribution < 1.29 is 47.3 Å². The van der Waals surface area contributed by atoms with E-state index in [1.165, 1.54) is 6.33 Å². The highest BCUT2D eigenvalue weighted by Gasteiger charge is 2.52. The highest BCUT2D eigenvalue weighted by molar-refractivity contribution is 7.51. The molecule has 0 aliphatic carbocycles. The number of benzene rings is 3. The second-order valence-corrected chi connectivity index (χ2v) is 20.0. The van der Waals surface area contributed by atoms with E-state index in [1.54, 1.807) is 53.6 Å². The van der Waals surface area contributed by atoms with Gasteiger partial charge < -0.3 is 37.7 Å². The third-order valence-corrected chi connectivity index (χ3v) is 14.2. The molecule has 6 rings (SSSR count). The maximum atomic E-state index is 14.0. The monoisotopic (exact) mass is 983 g/mol. The molecule has 0 spiro atoms. The SMILES string of the molecule is COCCOC1[C@@H](OP(CC(=O)OC(C)(C)CC#N)N(C(C)C)C(C)C)[C@@H](COC(c2ccccc2)(c2ccc(OC)cc2)c2ccc(OC)cc2)O[C@H]1n1cnc2c(=O)[nH]c(NC(=O)C(C)C)nc21. The van der Waals surface area contributed by atoms with Crippen molar-refractivity contribution in [2.45, 2.75) is 110 Å². The van der Waals surface area contributed by atoms with Gasteiger partial charge in [-0.05, 0) is 82.5 Å². The standard InChI is InChI=1S/C51H66N7O11P/c1-32(2)46(60)55-49-54-45-42(47(61)56-49)53-31-57(45)48-44(65-28-27-62-9)43(69-70(58(33(3)4)34(5)6)30-41(59)68-50(7,8)25-26-52)40(67-48)29-66-51(35-15-13-12-14-16-35,36-17-21-38(63-10)22-18-36)37-19-23-39(64-11)24-20-37/h12-24,31-34,40,43-44,48H,25,27-30H2,1-11H3,(H2,54,55,56,60,61)/t40-,43+,44?,48-,70?/m1/s1. The summed E-state index contributed by atoms with van der Waals surface area (Å²) in [5, 5.41) is 12.2. The molecule has 2 N–H and O–H groups in total. The van der Waals surface area contributed by atoms with Crippen LogP contribution in [-0.4, -0.2) is 119 Å². The van der Waals surface area contributed by atoms with Gasteiger partial charge in [-0.3, -0.25) is 33.9 Å². The van der Waals surface area contributed by atoms with E-state index in [4.69, 9.17) is 37.7 Å². The number of hydrogen-bond donors (Lipinski definition) is 2. The Kier molecular flexibility index (Phi) is 18.3. The molecule has 0 saturated carbocycles. The topological polar surface area (TPSA) is 211 Å². The van der Waals surface area contributed by atoms with Crippen molar-refractivity contribution in [3.05, 3.63) is 112 Å². The third-order valence-electron chi connectivity index (χ3n) is 11.7. The van der Waals surface area contributed by atoms with Gasteiger partial charge in [0.2, 0.25) is 11.9 Å². The lowest BCUT2D eigenvalue weighted by atomic mass is 9.80. The number of H-pyrrole nitrogens is 1. The van der Waals surface area contributed by atoms with Crippen molar-refractivity contribution in [3.8, 4) is 17.6 Å². The molecular formula is C51H66N7O11P. The summed E-state index contributed by atoms with van der Waals surface area (Å²) in [4.78, 5) is 52.2. The van der Waals surface area contributed by atoms with E-state index in [2.05, 4.69) is 31.0 Å². The van der Waals surface area contributed by atoms with Gasteiger partial charge in [0.1, 0.15) is 55.5 Å². The first-order valence-electron chi connectivity index (χ1n) is 23.3. The highest BCUT2D eigenvalue weighted by Crippen LogP contribution is 2.51. The van der Waals surface area contributed by atoms with Crippen molar-refractivity contribution in [3.63, 3.8) is 0 Å². The van der Waals surface area contributed by atoms with E-state index in [1.807, 2.05) is 107 Å². The second kappa shape index (κ2) is 23.9. The lowest BCUT2D eigenvalue weighted by Gasteiger charge is -2.40. The molecule has 1 amide bonds. The number of ether oxygens (including phenoxy) is 7. The first-order chi connectivity index (χ1) is 33.5. The summed E-state index contributed by atoms with van der Waals surface area (Å²) in [7, 11) is 2.93. The molecular weight excluding hydrogens is 918 g/mol. The Bertz CT molecular complexity index is 2540. The average molecular weight is 984 g/mol. The molecule has 5 aromatic rings. The summed E-state index contributed by atoms with van der Waals surface area (Å²) in [5.74, 6) is -0.0578. The summed E-state index contributed by atoms with van der Waals surface area (Å²) < 4.78 is 55.0. The Labute approximate surface area is 410 Å². The zero-order chi connectivity index (χ0) is 50.8. The van der Waals surface area contributed by atoms with Crippen LogP contribution < -0.4 is 20.3 Å². The molecule has 1 aliphatic rings. The molecule has 3 aromatic carbocycles. The number of nitrogens with zero attached hydrogens (tertiary/aromatic N) is 5. The molecule has 0 radical (unpaired) electrons. The number of nitrogens with one attached hydrogen (secondary N) is 2. The number of amides is 1. The van der Waals surface area contributed by atoms with Crippen molar-refractivity contribution in [2.24, 2.45) is 5.92 Å². The number of imidazole rings is 1. The van der Waals surface area contributed by atoms with Gasteiger partial charge >= 0.3 is 5.97 Å². The van der Waals surface area contributed by atoms with Crippen LogP contribution in [0.1, 0.15) is 84.7 Å². The summed E-state index contributed by atoms with van der Waals surface area (Å²) in [6.45, 7) is 15.1. The number of esters is 1. The Hall–Kier alpha value is -5.77. The first kappa shape index (κ1) is 53.6. The third kappa shape index (κ3) is 12.4. The van der Waals surface area contributed by atoms with Gasteiger partial charge in [0.25, 0.3) is 5.56 Å². The van der Waals surface area contributed by atoms with Crippen LogP contribution in [0.3, 0.4) is 0 Å². The summed E-state index contributed by atoms with van der Waals surface area (Å²) in [6.07, 6.45) is -2.69. The molecule has 2 unspecified atom stereocenters. The number of aromatic amines is 1. The number of aromatic nitrogens is 4. The fourth-order valence-corrected chi connectivity index (χ4v) is 10.7.